The van der Waals surface area contributed by atoms with Gasteiger partial charge in [0.25, 0.3) is 0 Å². The molecule has 0 aromatic heterocycles. The zero-order valence-corrected chi connectivity index (χ0v) is 16.1. The average Bonchev–Trinajstić information content (AvgIpc) is 3.09. The normalized spacial score (nSPS) is 14.8. The van der Waals surface area contributed by atoms with E-state index in [2.05, 4.69) is 29.5 Å². The highest BCUT2D eigenvalue weighted by molar-refractivity contribution is 5.95. The van der Waals surface area contributed by atoms with Crippen LogP contribution in [0.15, 0.2) is 29.3 Å². The van der Waals surface area contributed by atoms with Crippen LogP contribution in [0.5, 0.6) is 0 Å². The van der Waals surface area contributed by atoms with Gasteiger partial charge in [-0.15, -0.1) is 0 Å². The lowest BCUT2D eigenvalue weighted by Gasteiger charge is -2.16. The van der Waals surface area contributed by atoms with Crippen LogP contribution in [0.3, 0.4) is 0 Å². The molecule has 0 atom stereocenters. The lowest BCUT2D eigenvalue weighted by molar-refractivity contribution is -0.117. The number of hydrogen-bond acceptors (Lipinski definition) is 3. The molecule has 1 saturated heterocycles. The summed E-state index contributed by atoms with van der Waals surface area (Å²) in [5.41, 5.74) is 2.10. The molecule has 144 valence electrons. The maximum absolute atomic E-state index is 11.8. The molecule has 1 aliphatic heterocycles. The van der Waals surface area contributed by atoms with E-state index in [-0.39, 0.29) is 5.91 Å². The van der Waals surface area contributed by atoms with Gasteiger partial charge in [-0.1, -0.05) is 25.5 Å². The number of anilines is 1. The second-order valence-corrected chi connectivity index (χ2v) is 6.40. The number of aliphatic imine (C=N–C) groups is 1. The van der Waals surface area contributed by atoms with E-state index in [0.29, 0.717) is 19.6 Å². The quantitative estimate of drug-likeness (QED) is 0.382. The van der Waals surface area contributed by atoms with Gasteiger partial charge in [-0.05, 0) is 37.5 Å². The SMILES string of the molecule is CCCCOCCNC(=NCc1ccc(N2CCCC2=O)cc1)NCC. The van der Waals surface area contributed by atoms with Gasteiger partial charge < -0.3 is 20.3 Å². The van der Waals surface area contributed by atoms with Crippen LogP contribution in [0.1, 0.15) is 45.1 Å². The number of amides is 1. The average molecular weight is 361 g/mol. The molecule has 2 rings (SSSR count). The van der Waals surface area contributed by atoms with E-state index in [1.165, 1.54) is 0 Å². The lowest BCUT2D eigenvalue weighted by Crippen LogP contribution is -2.39. The summed E-state index contributed by atoms with van der Waals surface area (Å²) in [6, 6.07) is 8.11. The number of unbranched alkanes of at least 4 members (excludes halogenated alkanes) is 1. The smallest absolute Gasteiger partial charge is 0.227 e. The Bertz CT molecular complexity index is 572. The van der Waals surface area contributed by atoms with E-state index in [4.69, 9.17) is 4.74 Å². The second-order valence-electron chi connectivity index (χ2n) is 6.40. The molecule has 0 spiro atoms. The van der Waals surface area contributed by atoms with Gasteiger partial charge in [0.2, 0.25) is 5.91 Å². The van der Waals surface area contributed by atoms with Crippen LogP contribution in [0, 0.1) is 0 Å². The van der Waals surface area contributed by atoms with Crippen molar-refractivity contribution in [3.63, 3.8) is 0 Å². The fraction of sp³-hybridized carbons (Fsp3) is 0.600. The first kappa shape index (κ1) is 20.2. The molecule has 0 saturated carbocycles. The molecule has 2 N–H and O–H groups in total. The molecule has 1 fully saturated rings. The molecule has 0 bridgehead atoms. The highest BCUT2D eigenvalue weighted by Gasteiger charge is 2.21. The number of carbonyl (C=O) groups excluding carboxylic acids is 1. The Morgan fingerprint density at radius 3 is 2.65 bits per heavy atom. The number of ether oxygens (including phenoxy) is 1. The molecule has 0 radical (unpaired) electrons. The van der Waals surface area contributed by atoms with Crippen LogP contribution >= 0.6 is 0 Å². The van der Waals surface area contributed by atoms with Gasteiger partial charge in [0, 0.05) is 38.3 Å². The second kappa shape index (κ2) is 11.5. The Kier molecular flexibility index (Phi) is 8.96. The molecule has 0 unspecified atom stereocenters. The van der Waals surface area contributed by atoms with E-state index < -0.39 is 0 Å². The summed E-state index contributed by atoms with van der Waals surface area (Å²) in [4.78, 5) is 18.3. The molecule has 1 aromatic carbocycles. The molecule has 0 aliphatic carbocycles. The number of hydrogen-bond donors (Lipinski definition) is 2. The number of benzene rings is 1. The summed E-state index contributed by atoms with van der Waals surface area (Å²) in [7, 11) is 0. The van der Waals surface area contributed by atoms with Crippen molar-refractivity contribution in [2.45, 2.75) is 46.1 Å². The molecule has 1 heterocycles. The van der Waals surface area contributed by atoms with Crippen LogP contribution in [-0.4, -0.2) is 44.7 Å². The van der Waals surface area contributed by atoms with Crippen LogP contribution in [0.25, 0.3) is 0 Å². The molecule has 1 aromatic rings. The Labute approximate surface area is 157 Å². The Hall–Kier alpha value is -2.08. The van der Waals surface area contributed by atoms with Crippen LogP contribution in [0.2, 0.25) is 0 Å². The summed E-state index contributed by atoms with van der Waals surface area (Å²) in [5.74, 6) is 1.01. The van der Waals surface area contributed by atoms with E-state index in [1.807, 2.05) is 29.2 Å². The van der Waals surface area contributed by atoms with Crippen molar-refractivity contribution in [3.05, 3.63) is 29.8 Å². The van der Waals surface area contributed by atoms with Crippen molar-refractivity contribution < 1.29 is 9.53 Å². The van der Waals surface area contributed by atoms with Crippen molar-refractivity contribution in [3.8, 4) is 0 Å². The van der Waals surface area contributed by atoms with Gasteiger partial charge in [-0.3, -0.25) is 4.79 Å². The van der Waals surface area contributed by atoms with Crippen molar-refractivity contribution in [1.82, 2.24) is 10.6 Å². The highest BCUT2D eigenvalue weighted by atomic mass is 16.5. The molecular weight excluding hydrogens is 328 g/mol. The van der Waals surface area contributed by atoms with Gasteiger partial charge in [-0.2, -0.15) is 0 Å². The maximum Gasteiger partial charge on any atom is 0.227 e. The van der Waals surface area contributed by atoms with E-state index in [1.54, 1.807) is 0 Å². The van der Waals surface area contributed by atoms with E-state index in [0.717, 1.165) is 62.7 Å². The monoisotopic (exact) mass is 360 g/mol. The zero-order chi connectivity index (χ0) is 18.6. The third-order valence-corrected chi connectivity index (χ3v) is 4.27. The number of guanidine groups is 1. The third kappa shape index (κ3) is 6.67. The topological polar surface area (TPSA) is 66.0 Å². The molecule has 26 heavy (non-hydrogen) atoms. The fourth-order valence-corrected chi connectivity index (χ4v) is 2.80. The molecule has 1 amide bonds. The molecular formula is C20H32N4O2. The van der Waals surface area contributed by atoms with Gasteiger partial charge in [-0.25, -0.2) is 4.99 Å². The largest absolute Gasteiger partial charge is 0.380 e. The number of nitrogens with zero attached hydrogens (tertiary/aromatic N) is 2. The first-order valence-corrected chi connectivity index (χ1v) is 9.73. The Balaban J connectivity index is 1.81. The number of nitrogens with one attached hydrogen (secondary N) is 2. The van der Waals surface area contributed by atoms with Crippen LogP contribution < -0.4 is 15.5 Å². The summed E-state index contributed by atoms with van der Waals surface area (Å²) in [6.45, 7) is 8.69. The minimum absolute atomic E-state index is 0.218. The lowest BCUT2D eigenvalue weighted by atomic mass is 10.2. The van der Waals surface area contributed by atoms with E-state index >= 15 is 0 Å². The van der Waals surface area contributed by atoms with Gasteiger partial charge in [0.1, 0.15) is 0 Å². The van der Waals surface area contributed by atoms with Crippen molar-refractivity contribution in [2.24, 2.45) is 4.99 Å². The predicted octanol–water partition coefficient (Wildman–Crippen LogP) is 2.69. The maximum atomic E-state index is 11.8. The van der Waals surface area contributed by atoms with E-state index in [9.17, 15) is 4.79 Å². The first-order valence-electron chi connectivity index (χ1n) is 9.73. The van der Waals surface area contributed by atoms with Crippen LogP contribution in [-0.2, 0) is 16.1 Å². The van der Waals surface area contributed by atoms with Crippen molar-refractivity contribution in [1.29, 1.82) is 0 Å². The van der Waals surface area contributed by atoms with Gasteiger partial charge in [0.05, 0.1) is 13.2 Å². The predicted molar refractivity (Wildman–Crippen MR) is 107 cm³/mol. The Morgan fingerprint density at radius 1 is 1.19 bits per heavy atom. The third-order valence-electron chi connectivity index (χ3n) is 4.27. The number of rotatable bonds is 10. The molecule has 6 heteroatoms. The van der Waals surface area contributed by atoms with Crippen molar-refractivity contribution in [2.75, 3.05) is 37.7 Å². The summed E-state index contributed by atoms with van der Waals surface area (Å²) in [5, 5.41) is 6.54. The van der Waals surface area contributed by atoms with Gasteiger partial charge >= 0.3 is 0 Å². The van der Waals surface area contributed by atoms with Crippen molar-refractivity contribution >= 4 is 17.6 Å². The summed E-state index contributed by atoms with van der Waals surface area (Å²) >= 11 is 0. The summed E-state index contributed by atoms with van der Waals surface area (Å²) < 4.78 is 5.56. The Morgan fingerprint density at radius 2 is 2.00 bits per heavy atom. The highest BCUT2D eigenvalue weighted by Crippen LogP contribution is 2.21. The zero-order valence-electron chi connectivity index (χ0n) is 16.1. The minimum atomic E-state index is 0.218. The molecule has 1 aliphatic rings. The minimum Gasteiger partial charge on any atom is -0.380 e. The molecule has 6 nitrogen and oxygen atoms in total. The first-order chi connectivity index (χ1) is 12.7. The number of carbonyl (C=O) groups is 1. The fourth-order valence-electron chi connectivity index (χ4n) is 2.80. The van der Waals surface area contributed by atoms with Crippen LogP contribution in [0.4, 0.5) is 5.69 Å². The summed E-state index contributed by atoms with van der Waals surface area (Å²) in [6.07, 6.45) is 3.87. The standard InChI is InChI=1S/C20H32N4O2/c1-3-5-14-26-15-12-22-20(21-4-2)23-16-17-8-10-18(11-9-17)24-13-6-7-19(24)25/h8-11H,3-7,12-16H2,1-2H3,(H2,21,22,23). The van der Waals surface area contributed by atoms with Gasteiger partial charge in [0.15, 0.2) is 5.96 Å².